The number of likely N-dealkylation sites (N-methyl/N-ethyl adjacent to an activating group) is 1. The van der Waals surface area contributed by atoms with Gasteiger partial charge >= 0.3 is 0 Å². The number of hydrogen-bond donors (Lipinski definition) is 2. The van der Waals surface area contributed by atoms with Gasteiger partial charge in [0.05, 0.1) is 26.3 Å². The highest BCUT2D eigenvalue weighted by atomic mass is 16.5. The van der Waals surface area contributed by atoms with Crippen LogP contribution in [0.4, 0.5) is 0 Å². The Kier molecular flexibility index (Phi) is 6.18. The second kappa shape index (κ2) is 8.84. The lowest BCUT2D eigenvalue weighted by molar-refractivity contribution is -0.128. The first-order valence-corrected chi connectivity index (χ1v) is 11.0. The molecule has 2 aliphatic carbocycles. The van der Waals surface area contributed by atoms with Gasteiger partial charge in [0.15, 0.2) is 5.96 Å². The van der Waals surface area contributed by atoms with Crippen molar-refractivity contribution in [1.82, 2.24) is 15.5 Å². The van der Waals surface area contributed by atoms with Gasteiger partial charge in [-0.1, -0.05) is 25.0 Å². The molecule has 1 spiro atoms. The molecule has 1 aliphatic heterocycles. The molecule has 1 aromatic carbocycles. The largest absolute Gasteiger partial charge is 0.497 e. The minimum Gasteiger partial charge on any atom is -0.497 e. The van der Waals surface area contributed by atoms with E-state index < -0.39 is 0 Å². The Balaban J connectivity index is 1.48. The van der Waals surface area contributed by atoms with E-state index in [4.69, 9.17) is 14.5 Å². The molecule has 1 heterocycles. The molecule has 3 unspecified atom stereocenters. The van der Waals surface area contributed by atoms with Gasteiger partial charge in [-0.05, 0) is 37.0 Å². The third-order valence-corrected chi connectivity index (χ3v) is 7.06. The van der Waals surface area contributed by atoms with Crippen LogP contribution in [0.25, 0.3) is 0 Å². The summed E-state index contributed by atoms with van der Waals surface area (Å²) >= 11 is 0. The summed E-state index contributed by atoms with van der Waals surface area (Å²) in [5.41, 5.74) is 1.33. The quantitative estimate of drug-likeness (QED) is 0.551. The predicted molar refractivity (Wildman–Crippen MR) is 117 cm³/mol. The highest BCUT2D eigenvalue weighted by Crippen LogP contribution is 2.60. The average Bonchev–Trinajstić information content (AvgIpc) is 3.42. The fourth-order valence-electron chi connectivity index (χ4n) is 5.42. The minimum absolute atomic E-state index is 0.0280. The number of hydrogen-bond acceptors (Lipinski definition) is 4. The zero-order valence-electron chi connectivity index (χ0n) is 18.3. The first kappa shape index (κ1) is 21.0. The number of carbonyl (C=O) groups is 1. The standard InChI is InChI=1S/C23H34N4O3/c1-27(2)19(28)15-25-22(24-14-16-6-8-17(29-3)9-7-16)26-20-18-10-13-30-21(18)23(20)11-4-5-12-23/h6-9,18,20-21H,4-5,10-15H2,1-3H3,(H2,24,25,26). The number of amides is 1. The Hall–Kier alpha value is -2.28. The molecule has 164 valence electrons. The van der Waals surface area contributed by atoms with Crippen LogP contribution < -0.4 is 15.4 Å². The van der Waals surface area contributed by atoms with Crippen molar-refractivity contribution in [2.24, 2.45) is 16.3 Å². The molecule has 2 saturated carbocycles. The average molecular weight is 415 g/mol. The summed E-state index contributed by atoms with van der Waals surface area (Å²) in [6, 6.07) is 8.30. The van der Waals surface area contributed by atoms with Gasteiger partial charge in [0.1, 0.15) is 5.75 Å². The smallest absolute Gasteiger partial charge is 0.241 e. The Morgan fingerprint density at radius 3 is 2.67 bits per heavy atom. The number of aliphatic imine (C=N–C) groups is 1. The normalized spacial score (nSPS) is 26.8. The molecule has 4 rings (SSSR count). The first-order valence-electron chi connectivity index (χ1n) is 11.0. The van der Waals surface area contributed by atoms with E-state index in [2.05, 4.69) is 10.6 Å². The number of rotatable bonds is 6. The third kappa shape index (κ3) is 4.00. The van der Waals surface area contributed by atoms with Gasteiger partial charge in [-0.2, -0.15) is 0 Å². The van der Waals surface area contributed by atoms with Gasteiger partial charge in [-0.3, -0.25) is 4.79 Å². The number of methoxy groups -OCH3 is 1. The lowest BCUT2D eigenvalue weighted by atomic mass is 9.54. The number of nitrogens with one attached hydrogen (secondary N) is 2. The van der Waals surface area contributed by atoms with E-state index in [0.717, 1.165) is 24.3 Å². The van der Waals surface area contributed by atoms with Crippen LogP contribution in [-0.4, -0.2) is 63.3 Å². The summed E-state index contributed by atoms with van der Waals surface area (Å²) in [6.45, 7) is 1.63. The molecule has 3 aliphatic rings. The second-order valence-corrected chi connectivity index (χ2v) is 8.96. The van der Waals surface area contributed by atoms with Crippen molar-refractivity contribution >= 4 is 11.9 Å². The first-order chi connectivity index (χ1) is 14.5. The lowest BCUT2D eigenvalue weighted by Gasteiger charge is -2.57. The maximum Gasteiger partial charge on any atom is 0.241 e. The van der Waals surface area contributed by atoms with Crippen LogP contribution in [0.15, 0.2) is 29.3 Å². The van der Waals surface area contributed by atoms with Crippen LogP contribution in [0.2, 0.25) is 0 Å². The molecular formula is C23H34N4O3. The van der Waals surface area contributed by atoms with Gasteiger partial charge in [0, 0.05) is 38.1 Å². The predicted octanol–water partition coefficient (Wildman–Crippen LogP) is 2.17. The minimum atomic E-state index is 0.0280. The summed E-state index contributed by atoms with van der Waals surface area (Å²) in [5, 5.41) is 6.97. The maximum absolute atomic E-state index is 12.1. The van der Waals surface area contributed by atoms with Crippen LogP contribution in [-0.2, 0) is 16.1 Å². The molecule has 7 heteroatoms. The molecule has 0 aromatic heterocycles. The van der Waals surface area contributed by atoms with Crippen molar-refractivity contribution in [3.05, 3.63) is 29.8 Å². The van der Waals surface area contributed by atoms with Crippen LogP contribution >= 0.6 is 0 Å². The van der Waals surface area contributed by atoms with Crippen molar-refractivity contribution in [1.29, 1.82) is 0 Å². The zero-order chi connectivity index (χ0) is 21.1. The molecule has 1 amide bonds. The van der Waals surface area contributed by atoms with E-state index in [9.17, 15) is 4.79 Å². The number of guanidine groups is 1. The molecule has 2 N–H and O–H groups in total. The molecule has 30 heavy (non-hydrogen) atoms. The van der Waals surface area contributed by atoms with E-state index in [1.165, 1.54) is 25.7 Å². The third-order valence-electron chi connectivity index (χ3n) is 7.06. The van der Waals surface area contributed by atoms with E-state index in [1.807, 2.05) is 24.3 Å². The summed E-state index contributed by atoms with van der Waals surface area (Å²) in [4.78, 5) is 18.5. The van der Waals surface area contributed by atoms with Crippen LogP contribution in [0.1, 0.15) is 37.7 Å². The number of fused-ring (bicyclic) bond motifs is 2. The van der Waals surface area contributed by atoms with E-state index in [0.29, 0.717) is 30.6 Å². The fourth-order valence-corrected chi connectivity index (χ4v) is 5.42. The number of ether oxygens (including phenoxy) is 2. The SMILES string of the molecule is COc1ccc(CN=C(NCC(=O)N(C)C)NC2C3CCOC3C23CCCC3)cc1. The lowest BCUT2D eigenvalue weighted by Crippen LogP contribution is -2.69. The summed E-state index contributed by atoms with van der Waals surface area (Å²) in [5.74, 6) is 2.11. The van der Waals surface area contributed by atoms with Gasteiger partial charge in [0.2, 0.25) is 5.91 Å². The van der Waals surface area contributed by atoms with Crippen molar-refractivity contribution in [3.63, 3.8) is 0 Å². The van der Waals surface area contributed by atoms with Crippen molar-refractivity contribution in [3.8, 4) is 5.75 Å². The molecular weight excluding hydrogens is 380 g/mol. The van der Waals surface area contributed by atoms with Crippen LogP contribution in [0.5, 0.6) is 5.75 Å². The van der Waals surface area contributed by atoms with Gasteiger partial charge in [-0.25, -0.2) is 4.99 Å². The Bertz CT molecular complexity index is 771. The van der Waals surface area contributed by atoms with Crippen LogP contribution in [0.3, 0.4) is 0 Å². The summed E-state index contributed by atoms with van der Waals surface area (Å²) < 4.78 is 11.3. The molecule has 0 bridgehead atoms. The van der Waals surface area contributed by atoms with Crippen molar-refractivity contribution in [2.45, 2.75) is 50.8 Å². The topological polar surface area (TPSA) is 75.2 Å². The Labute approximate surface area is 179 Å². The molecule has 1 aromatic rings. The zero-order valence-corrected chi connectivity index (χ0v) is 18.3. The van der Waals surface area contributed by atoms with Gasteiger partial charge in [0.25, 0.3) is 0 Å². The maximum atomic E-state index is 12.1. The van der Waals surface area contributed by atoms with Gasteiger partial charge < -0.3 is 25.0 Å². The number of carbonyl (C=O) groups excluding carboxylic acids is 1. The monoisotopic (exact) mass is 414 g/mol. The second-order valence-electron chi connectivity index (χ2n) is 8.96. The molecule has 7 nitrogen and oxygen atoms in total. The van der Waals surface area contributed by atoms with Crippen molar-refractivity contribution in [2.75, 3.05) is 34.4 Å². The number of benzene rings is 1. The van der Waals surface area contributed by atoms with Crippen molar-refractivity contribution < 1.29 is 14.3 Å². The Morgan fingerprint density at radius 2 is 2.00 bits per heavy atom. The summed E-state index contributed by atoms with van der Waals surface area (Å²) in [6.07, 6.45) is 6.48. The van der Waals surface area contributed by atoms with E-state index >= 15 is 0 Å². The van der Waals surface area contributed by atoms with E-state index in [-0.39, 0.29) is 17.9 Å². The molecule has 3 fully saturated rings. The molecule has 3 atom stereocenters. The molecule has 1 saturated heterocycles. The Morgan fingerprint density at radius 1 is 1.27 bits per heavy atom. The fraction of sp³-hybridized carbons (Fsp3) is 0.652. The summed E-state index contributed by atoms with van der Waals surface area (Å²) in [7, 11) is 5.20. The molecule has 0 radical (unpaired) electrons. The van der Waals surface area contributed by atoms with Crippen LogP contribution in [0, 0.1) is 11.3 Å². The number of nitrogens with zero attached hydrogens (tertiary/aromatic N) is 2. The highest BCUT2D eigenvalue weighted by Gasteiger charge is 2.65. The van der Waals surface area contributed by atoms with E-state index in [1.54, 1.807) is 26.1 Å². The van der Waals surface area contributed by atoms with Gasteiger partial charge in [-0.15, -0.1) is 0 Å². The highest BCUT2D eigenvalue weighted by molar-refractivity contribution is 5.86.